The summed E-state index contributed by atoms with van der Waals surface area (Å²) in [5.41, 5.74) is 0.679. The molecule has 0 bridgehead atoms. The molecule has 1 unspecified atom stereocenters. The molecule has 1 amide bonds. The first-order chi connectivity index (χ1) is 15.0. The van der Waals surface area contributed by atoms with Crippen LogP contribution in [0.25, 0.3) is 22.6 Å². The van der Waals surface area contributed by atoms with Crippen LogP contribution in [0.15, 0.2) is 60.9 Å². The second-order valence-electron chi connectivity index (χ2n) is 7.11. The van der Waals surface area contributed by atoms with Gasteiger partial charge in [-0.3, -0.25) is 10.1 Å². The number of hydrogen-bond acceptors (Lipinski definition) is 8. The zero-order chi connectivity index (χ0) is 21.4. The number of thiophene rings is 1. The number of fused-ring (bicyclic) bond motifs is 1. The Morgan fingerprint density at radius 3 is 2.81 bits per heavy atom. The maximum Gasteiger partial charge on any atom is 0.322 e. The van der Waals surface area contributed by atoms with Crippen LogP contribution >= 0.6 is 11.3 Å². The van der Waals surface area contributed by atoms with E-state index in [2.05, 4.69) is 15.5 Å². The molecule has 4 aromatic rings. The van der Waals surface area contributed by atoms with E-state index in [9.17, 15) is 13.2 Å². The zero-order valence-electron chi connectivity index (χ0n) is 16.2. The number of hydrogen-bond donors (Lipinski definition) is 1. The van der Waals surface area contributed by atoms with Gasteiger partial charge in [-0.05, 0) is 36.4 Å². The van der Waals surface area contributed by atoms with E-state index in [4.69, 9.17) is 8.83 Å². The van der Waals surface area contributed by atoms with E-state index >= 15 is 0 Å². The highest BCUT2D eigenvalue weighted by Crippen LogP contribution is 2.30. The van der Waals surface area contributed by atoms with Crippen molar-refractivity contribution in [3.05, 3.63) is 47.8 Å². The molecule has 4 heterocycles. The number of carbonyl (C=O) groups excluding carboxylic acids is 1. The van der Waals surface area contributed by atoms with Crippen molar-refractivity contribution in [2.24, 2.45) is 0 Å². The highest BCUT2D eigenvalue weighted by molar-refractivity contribution is 7.91. The molecule has 1 fully saturated rings. The van der Waals surface area contributed by atoms with Crippen molar-refractivity contribution in [2.45, 2.75) is 29.5 Å². The molecule has 1 saturated heterocycles. The molecule has 0 aliphatic carbocycles. The first-order valence-electron chi connectivity index (χ1n) is 9.71. The van der Waals surface area contributed by atoms with Gasteiger partial charge in [0.2, 0.25) is 5.91 Å². The molecule has 160 valence electrons. The molecule has 1 aliphatic rings. The second kappa shape index (κ2) is 7.91. The molecule has 0 saturated carbocycles. The third kappa shape index (κ3) is 3.75. The number of nitrogens with zero attached hydrogens (tertiary/aromatic N) is 3. The molecule has 1 N–H and O–H groups in total. The van der Waals surface area contributed by atoms with Gasteiger partial charge in [-0.15, -0.1) is 16.4 Å². The second-order valence-corrected chi connectivity index (χ2v) is 10.2. The van der Waals surface area contributed by atoms with Gasteiger partial charge in [0.05, 0.1) is 0 Å². The molecule has 0 spiro atoms. The molecule has 5 rings (SSSR count). The third-order valence-electron chi connectivity index (χ3n) is 5.11. The molecule has 11 heteroatoms. The molecular weight excluding hydrogens is 440 g/mol. The molecule has 1 atom stereocenters. The molecule has 9 nitrogen and oxygen atoms in total. The monoisotopic (exact) mass is 458 g/mol. The number of rotatable bonds is 5. The lowest BCUT2D eigenvalue weighted by atomic mass is 10.0. The number of sulfonamides is 1. The Morgan fingerprint density at radius 2 is 2.00 bits per heavy atom. The largest absolute Gasteiger partial charge is 0.451 e. The Bertz CT molecular complexity index is 1290. The first-order valence-corrected chi connectivity index (χ1v) is 12.0. The van der Waals surface area contributed by atoms with Crippen molar-refractivity contribution in [3.63, 3.8) is 0 Å². The minimum absolute atomic E-state index is 0.112. The summed E-state index contributed by atoms with van der Waals surface area (Å²) in [7, 11) is -3.75. The van der Waals surface area contributed by atoms with Gasteiger partial charge < -0.3 is 8.83 Å². The number of anilines is 1. The summed E-state index contributed by atoms with van der Waals surface area (Å²) in [6, 6.07) is 11.5. The fraction of sp³-hybridized carbons (Fsp3) is 0.250. The minimum Gasteiger partial charge on any atom is -0.451 e. The number of nitrogens with one attached hydrogen (secondary N) is 1. The lowest BCUT2D eigenvalue weighted by Gasteiger charge is -2.32. The van der Waals surface area contributed by atoms with Crippen molar-refractivity contribution < 1.29 is 22.0 Å². The summed E-state index contributed by atoms with van der Waals surface area (Å²) in [6.45, 7) is 0.284. The van der Waals surface area contributed by atoms with E-state index in [0.717, 1.165) is 23.1 Å². The van der Waals surface area contributed by atoms with E-state index < -0.39 is 22.0 Å². The first kappa shape index (κ1) is 19.9. The number of carbonyl (C=O) groups is 1. The highest BCUT2D eigenvalue weighted by Gasteiger charge is 2.38. The molecule has 3 aromatic heterocycles. The Kier molecular flexibility index (Phi) is 5.08. The van der Waals surface area contributed by atoms with Crippen molar-refractivity contribution in [1.82, 2.24) is 14.5 Å². The topological polar surface area (TPSA) is 119 Å². The van der Waals surface area contributed by atoms with Crippen LogP contribution < -0.4 is 5.32 Å². The smallest absolute Gasteiger partial charge is 0.322 e. The van der Waals surface area contributed by atoms with E-state index in [1.165, 1.54) is 4.31 Å². The van der Waals surface area contributed by atoms with E-state index in [1.54, 1.807) is 23.6 Å². The van der Waals surface area contributed by atoms with Gasteiger partial charge in [0, 0.05) is 11.9 Å². The maximum absolute atomic E-state index is 13.0. The van der Waals surface area contributed by atoms with E-state index in [1.807, 2.05) is 24.3 Å². The van der Waals surface area contributed by atoms with Crippen LogP contribution in [0.2, 0.25) is 0 Å². The Morgan fingerprint density at radius 1 is 1.13 bits per heavy atom. The van der Waals surface area contributed by atoms with Gasteiger partial charge in [0.25, 0.3) is 15.9 Å². The van der Waals surface area contributed by atoms with Crippen LogP contribution in [0, 0.1) is 0 Å². The summed E-state index contributed by atoms with van der Waals surface area (Å²) < 4.78 is 38.7. The predicted molar refractivity (Wildman–Crippen MR) is 114 cm³/mol. The number of amides is 1. The van der Waals surface area contributed by atoms with Crippen LogP contribution in [-0.4, -0.2) is 41.4 Å². The molecule has 31 heavy (non-hydrogen) atoms. The summed E-state index contributed by atoms with van der Waals surface area (Å²) in [6.07, 6.45) is 1.87. The fourth-order valence-corrected chi connectivity index (χ4v) is 6.41. The van der Waals surface area contributed by atoms with Crippen molar-refractivity contribution in [2.75, 3.05) is 11.9 Å². The summed E-state index contributed by atoms with van der Waals surface area (Å²) in [4.78, 5) is 12.9. The van der Waals surface area contributed by atoms with Gasteiger partial charge in [0.1, 0.15) is 15.8 Å². The van der Waals surface area contributed by atoms with Crippen LogP contribution in [0.1, 0.15) is 19.3 Å². The number of piperidine rings is 1. The summed E-state index contributed by atoms with van der Waals surface area (Å²) in [5, 5.41) is 12.9. The third-order valence-corrected chi connectivity index (χ3v) is 8.39. The van der Waals surface area contributed by atoms with Crippen LogP contribution in [0.5, 0.6) is 0 Å². The number of benzene rings is 1. The Labute approximate surface area is 181 Å². The predicted octanol–water partition coefficient (Wildman–Crippen LogP) is 3.73. The average Bonchev–Trinajstić information content (AvgIpc) is 3.53. The summed E-state index contributed by atoms with van der Waals surface area (Å²) in [5.74, 6) is 0.00612. The van der Waals surface area contributed by atoms with Gasteiger partial charge in [0.15, 0.2) is 5.76 Å². The lowest BCUT2D eigenvalue weighted by molar-refractivity contribution is -0.120. The molecular formula is C20H18N4O5S2. The Hall–Kier alpha value is -3.02. The normalized spacial score (nSPS) is 17.7. The van der Waals surface area contributed by atoms with Crippen molar-refractivity contribution >= 4 is 44.3 Å². The maximum atomic E-state index is 13.0. The summed E-state index contributed by atoms with van der Waals surface area (Å²) >= 11 is 1.13. The number of aromatic nitrogens is 2. The van der Waals surface area contributed by atoms with Crippen molar-refractivity contribution in [1.29, 1.82) is 0 Å². The SMILES string of the molecule is O=C(Nc1nnc(-c2cc3ccccc3o2)o1)C1CCCCN1S(=O)(=O)c1cccs1. The van der Waals surface area contributed by atoms with Crippen molar-refractivity contribution in [3.8, 4) is 11.7 Å². The van der Waals surface area contributed by atoms with E-state index in [0.29, 0.717) is 24.2 Å². The van der Waals surface area contributed by atoms with E-state index in [-0.39, 0.29) is 22.7 Å². The van der Waals surface area contributed by atoms with Crippen LogP contribution in [0.3, 0.4) is 0 Å². The minimum atomic E-state index is -3.75. The van der Waals surface area contributed by atoms with Crippen LogP contribution in [-0.2, 0) is 14.8 Å². The van der Waals surface area contributed by atoms with Gasteiger partial charge >= 0.3 is 6.01 Å². The number of para-hydroxylation sites is 1. The van der Waals surface area contributed by atoms with Gasteiger partial charge in [-0.25, -0.2) is 8.42 Å². The molecule has 1 aliphatic heterocycles. The average molecular weight is 459 g/mol. The van der Waals surface area contributed by atoms with Gasteiger partial charge in [-0.2, -0.15) is 4.31 Å². The molecule has 0 radical (unpaired) electrons. The lowest BCUT2D eigenvalue weighted by Crippen LogP contribution is -2.49. The highest BCUT2D eigenvalue weighted by atomic mass is 32.2. The standard InChI is InChI=1S/C20H18N4O5S2/c25-18(14-7-3-4-10-24(14)31(26,27)17-9-5-11-30-17)21-20-23-22-19(29-20)16-12-13-6-1-2-8-15(13)28-16/h1-2,5-6,8-9,11-12,14H,3-4,7,10H2,(H,21,23,25). The Balaban J connectivity index is 1.35. The fourth-order valence-electron chi connectivity index (χ4n) is 3.63. The van der Waals surface area contributed by atoms with Crippen LogP contribution in [0.4, 0.5) is 6.01 Å². The number of furan rings is 1. The molecule has 1 aromatic carbocycles. The quantitative estimate of drug-likeness (QED) is 0.484. The zero-order valence-corrected chi connectivity index (χ0v) is 17.9. The van der Waals surface area contributed by atoms with Gasteiger partial charge in [-0.1, -0.05) is 35.8 Å².